The summed E-state index contributed by atoms with van der Waals surface area (Å²) >= 11 is 6.20. The highest BCUT2D eigenvalue weighted by molar-refractivity contribution is 7.87. The zero-order chi connectivity index (χ0) is 17.3. The predicted octanol–water partition coefficient (Wildman–Crippen LogP) is 4.38. The van der Waals surface area contributed by atoms with E-state index in [-0.39, 0.29) is 27.1 Å². The number of aromatic nitrogens is 1. The molecule has 124 valence electrons. The standard InChI is InChI=1S/C17H14ClNO4S/c1-11-17(12(2)22-19-11)24(20,21)23-16-9-8-14(10-15(16)18)13-6-4-3-5-7-13/h3-10H,1-2H3. The molecule has 0 N–H and O–H groups in total. The highest BCUT2D eigenvalue weighted by Crippen LogP contribution is 2.33. The number of aryl methyl sites for hydroxylation is 2. The largest absolute Gasteiger partial charge is 0.377 e. The first-order valence-corrected chi connectivity index (χ1v) is 8.89. The molecule has 0 aliphatic heterocycles. The monoisotopic (exact) mass is 363 g/mol. The first-order valence-electron chi connectivity index (χ1n) is 7.11. The molecule has 0 bridgehead atoms. The van der Waals surface area contributed by atoms with Crippen LogP contribution in [0.3, 0.4) is 0 Å². The third kappa shape index (κ3) is 3.16. The molecule has 1 heterocycles. The second-order valence-electron chi connectivity index (χ2n) is 5.20. The van der Waals surface area contributed by atoms with Gasteiger partial charge in [0.2, 0.25) is 0 Å². The molecule has 0 aliphatic carbocycles. The summed E-state index contributed by atoms with van der Waals surface area (Å²) in [7, 11) is -4.07. The summed E-state index contributed by atoms with van der Waals surface area (Å²) in [6.07, 6.45) is 0. The van der Waals surface area contributed by atoms with Gasteiger partial charge in [-0.25, -0.2) is 0 Å². The summed E-state index contributed by atoms with van der Waals surface area (Å²) in [6.45, 7) is 3.04. The maximum Gasteiger partial charge on any atom is 0.344 e. The topological polar surface area (TPSA) is 69.4 Å². The molecule has 0 saturated carbocycles. The van der Waals surface area contributed by atoms with Crippen LogP contribution >= 0.6 is 11.6 Å². The lowest BCUT2D eigenvalue weighted by Gasteiger charge is -2.09. The number of hydrogen-bond acceptors (Lipinski definition) is 5. The minimum atomic E-state index is -4.07. The van der Waals surface area contributed by atoms with Crippen LogP contribution in [0.4, 0.5) is 0 Å². The van der Waals surface area contributed by atoms with Crippen LogP contribution in [0.2, 0.25) is 5.02 Å². The fourth-order valence-corrected chi connectivity index (χ4v) is 3.89. The van der Waals surface area contributed by atoms with E-state index in [9.17, 15) is 8.42 Å². The molecule has 1 aromatic heterocycles. The van der Waals surface area contributed by atoms with E-state index in [4.69, 9.17) is 20.3 Å². The number of hydrogen-bond donors (Lipinski definition) is 0. The zero-order valence-electron chi connectivity index (χ0n) is 13.0. The van der Waals surface area contributed by atoms with Gasteiger partial charge in [0.05, 0.1) is 5.02 Å². The molecule has 0 spiro atoms. The van der Waals surface area contributed by atoms with Gasteiger partial charge in [-0.2, -0.15) is 8.42 Å². The molecule has 3 aromatic rings. The Balaban J connectivity index is 1.94. The van der Waals surface area contributed by atoms with Crippen molar-refractivity contribution in [3.05, 3.63) is 65.0 Å². The molecule has 3 rings (SSSR count). The molecule has 0 fully saturated rings. The molecule has 5 nitrogen and oxygen atoms in total. The number of halogens is 1. The van der Waals surface area contributed by atoms with Crippen molar-refractivity contribution in [2.45, 2.75) is 18.7 Å². The summed E-state index contributed by atoms with van der Waals surface area (Å²) in [6, 6.07) is 14.6. The maximum absolute atomic E-state index is 12.4. The summed E-state index contributed by atoms with van der Waals surface area (Å²) in [5.74, 6) is 0.223. The van der Waals surface area contributed by atoms with Crippen molar-refractivity contribution < 1.29 is 17.1 Å². The van der Waals surface area contributed by atoms with Crippen LogP contribution < -0.4 is 4.18 Å². The van der Waals surface area contributed by atoms with Gasteiger partial charge in [0, 0.05) is 0 Å². The number of benzene rings is 2. The molecule has 0 unspecified atom stereocenters. The van der Waals surface area contributed by atoms with Crippen molar-refractivity contribution >= 4 is 21.7 Å². The Morgan fingerprint density at radius 1 is 1.04 bits per heavy atom. The lowest BCUT2D eigenvalue weighted by molar-refractivity contribution is 0.390. The summed E-state index contributed by atoms with van der Waals surface area (Å²) < 4.78 is 34.9. The first-order chi connectivity index (χ1) is 11.4. The van der Waals surface area contributed by atoms with Crippen LogP contribution in [0, 0.1) is 13.8 Å². The van der Waals surface area contributed by atoms with Gasteiger partial charge in [0.15, 0.2) is 16.4 Å². The quantitative estimate of drug-likeness (QED) is 0.643. The second kappa shape index (κ2) is 6.30. The van der Waals surface area contributed by atoms with Crippen molar-refractivity contribution in [1.82, 2.24) is 5.16 Å². The van der Waals surface area contributed by atoms with E-state index in [1.807, 2.05) is 30.3 Å². The fraction of sp³-hybridized carbons (Fsp3) is 0.118. The van der Waals surface area contributed by atoms with Crippen LogP contribution in [0.5, 0.6) is 5.75 Å². The molecule has 0 radical (unpaired) electrons. The SMILES string of the molecule is Cc1noc(C)c1S(=O)(=O)Oc1ccc(-c2ccccc2)cc1Cl. The van der Waals surface area contributed by atoms with Crippen molar-refractivity contribution in [1.29, 1.82) is 0 Å². The average molecular weight is 364 g/mol. The molecule has 0 atom stereocenters. The maximum atomic E-state index is 12.4. The third-order valence-corrected chi connectivity index (χ3v) is 5.23. The molecule has 0 saturated heterocycles. The Labute approximate surface area is 144 Å². The van der Waals surface area contributed by atoms with Crippen LogP contribution in [0.15, 0.2) is 57.9 Å². The van der Waals surface area contributed by atoms with Crippen LogP contribution in [-0.2, 0) is 10.1 Å². The zero-order valence-corrected chi connectivity index (χ0v) is 14.6. The Hall–Kier alpha value is -2.31. The van der Waals surface area contributed by atoms with Crippen molar-refractivity contribution in [2.24, 2.45) is 0 Å². The Kier molecular flexibility index (Phi) is 4.34. The van der Waals surface area contributed by atoms with Gasteiger partial charge in [-0.05, 0) is 37.1 Å². The van der Waals surface area contributed by atoms with E-state index in [2.05, 4.69) is 5.16 Å². The molecule has 7 heteroatoms. The summed E-state index contributed by atoms with van der Waals surface area (Å²) in [4.78, 5) is -0.0781. The van der Waals surface area contributed by atoms with Gasteiger partial charge >= 0.3 is 10.1 Å². The van der Waals surface area contributed by atoms with Crippen molar-refractivity contribution in [2.75, 3.05) is 0 Å². The minimum Gasteiger partial charge on any atom is -0.377 e. The molecule has 2 aromatic carbocycles. The van der Waals surface area contributed by atoms with Crippen LogP contribution in [0.1, 0.15) is 11.5 Å². The first kappa shape index (κ1) is 16.5. The van der Waals surface area contributed by atoms with E-state index in [0.717, 1.165) is 11.1 Å². The second-order valence-corrected chi connectivity index (χ2v) is 7.09. The van der Waals surface area contributed by atoms with E-state index in [0.29, 0.717) is 0 Å². The fourth-order valence-electron chi connectivity index (χ4n) is 2.37. The smallest absolute Gasteiger partial charge is 0.344 e. The lowest BCUT2D eigenvalue weighted by atomic mass is 10.1. The van der Waals surface area contributed by atoms with E-state index >= 15 is 0 Å². The molecular formula is C17H14ClNO4S. The summed E-state index contributed by atoms with van der Waals surface area (Å²) in [5.41, 5.74) is 2.08. The van der Waals surface area contributed by atoms with Gasteiger partial charge < -0.3 is 8.71 Å². The van der Waals surface area contributed by atoms with Gasteiger partial charge in [0.1, 0.15) is 5.69 Å². The predicted molar refractivity (Wildman–Crippen MR) is 90.7 cm³/mol. The average Bonchev–Trinajstić information content (AvgIpc) is 2.89. The third-order valence-electron chi connectivity index (χ3n) is 3.46. The van der Waals surface area contributed by atoms with Crippen LogP contribution in [-0.4, -0.2) is 13.6 Å². The number of nitrogens with zero attached hydrogens (tertiary/aromatic N) is 1. The minimum absolute atomic E-state index is 0.0522. The van der Waals surface area contributed by atoms with Gasteiger partial charge in [-0.1, -0.05) is 53.2 Å². The van der Waals surface area contributed by atoms with Crippen LogP contribution in [0.25, 0.3) is 11.1 Å². The highest BCUT2D eigenvalue weighted by atomic mass is 35.5. The molecular weight excluding hydrogens is 350 g/mol. The Morgan fingerprint density at radius 3 is 2.33 bits per heavy atom. The molecule has 0 aliphatic rings. The van der Waals surface area contributed by atoms with Gasteiger partial charge in [-0.15, -0.1) is 0 Å². The Morgan fingerprint density at radius 2 is 1.75 bits per heavy atom. The van der Waals surface area contributed by atoms with Gasteiger partial charge in [0.25, 0.3) is 0 Å². The Bertz CT molecular complexity index is 962. The van der Waals surface area contributed by atoms with Crippen molar-refractivity contribution in [3.63, 3.8) is 0 Å². The van der Waals surface area contributed by atoms with E-state index < -0.39 is 10.1 Å². The van der Waals surface area contributed by atoms with Crippen molar-refractivity contribution in [3.8, 4) is 16.9 Å². The number of rotatable bonds is 4. The lowest BCUT2D eigenvalue weighted by Crippen LogP contribution is -2.11. The van der Waals surface area contributed by atoms with E-state index in [1.165, 1.54) is 19.9 Å². The molecule has 0 amide bonds. The highest BCUT2D eigenvalue weighted by Gasteiger charge is 2.27. The van der Waals surface area contributed by atoms with Gasteiger partial charge in [-0.3, -0.25) is 0 Å². The summed E-state index contributed by atoms with van der Waals surface area (Å²) in [5, 5.41) is 3.83. The molecule has 24 heavy (non-hydrogen) atoms. The normalized spacial score (nSPS) is 11.5. The van der Waals surface area contributed by atoms with E-state index in [1.54, 1.807) is 12.1 Å².